The van der Waals surface area contributed by atoms with Crippen molar-refractivity contribution in [3.63, 3.8) is 0 Å². The molecule has 1 aromatic rings. The van der Waals surface area contributed by atoms with Crippen LogP contribution in [0.4, 0.5) is 5.69 Å². The van der Waals surface area contributed by atoms with Crippen LogP contribution in [0.1, 0.15) is 19.0 Å². The maximum atomic E-state index is 4.20. The third-order valence-electron chi connectivity index (χ3n) is 3.31. The summed E-state index contributed by atoms with van der Waals surface area (Å²) < 4.78 is 0. The van der Waals surface area contributed by atoms with E-state index in [1.54, 1.807) is 0 Å². The van der Waals surface area contributed by atoms with Gasteiger partial charge in [0.1, 0.15) is 0 Å². The highest BCUT2D eigenvalue weighted by molar-refractivity contribution is 5.42. The van der Waals surface area contributed by atoms with Crippen molar-refractivity contribution in [3.05, 3.63) is 24.0 Å². The first-order valence-corrected chi connectivity index (χ1v) is 6.17. The highest BCUT2D eigenvalue weighted by Gasteiger charge is 2.20. The summed E-state index contributed by atoms with van der Waals surface area (Å²) in [5, 5.41) is 3.51. The van der Waals surface area contributed by atoms with E-state index in [0.29, 0.717) is 0 Å². The van der Waals surface area contributed by atoms with Gasteiger partial charge in [-0.05, 0) is 44.5 Å². The average Bonchev–Trinajstić information content (AvgIpc) is 2.74. The molecule has 0 radical (unpaired) electrons. The summed E-state index contributed by atoms with van der Waals surface area (Å²) in [5.41, 5.74) is 2.27. The minimum absolute atomic E-state index is 0.799. The van der Waals surface area contributed by atoms with Crippen molar-refractivity contribution in [2.24, 2.45) is 5.92 Å². The Morgan fingerprint density at radius 3 is 3.12 bits per heavy atom. The lowest BCUT2D eigenvalue weighted by molar-refractivity contribution is 0.345. The Bertz CT molecular complexity index is 338. The number of nitrogens with zero attached hydrogens (tertiary/aromatic N) is 2. The zero-order chi connectivity index (χ0) is 11.4. The number of likely N-dealkylation sites (tertiary alicyclic amines) is 1. The minimum atomic E-state index is 0.799. The van der Waals surface area contributed by atoms with E-state index in [4.69, 9.17) is 0 Å². The van der Waals surface area contributed by atoms with Gasteiger partial charge in [0.2, 0.25) is 0 Å². The average molecular weight is 219 g/mol. The predicted molar refractivity (Wildman–Crippen MR) is 67.7 cm³/mol. The molecule has 1 aliphatic heterocycles. The maximum absolute atomic E-state index is 4.20. The fourth-order valence-electron chi connectivity index (χ4n) is 2.28. The summed E-state index contributed by atoms with van der Waals surface area (Å²) in [6, 6.07) is 4.14. The van der Waals surface area contributed by atoms with Gasteiger partial charge in [-0.1, -0.05) is 6.92 Å². The largest absolute Gasteiger partial charge is 0.385 e. The number of aryl methyl sites for hydroxylation is 1. The molecule has 3 heteroatoms. The zero-order valence-electron chi connectivity index (χ0n) is 10.2. The van der Waals surface area contributed by atoms with Crippen molar-refractivity contribution in [3.8, 4) is 0 Å². The molecule has 1 aromatic heterocycles. The van der Waals surface area contributed by atoms with Gasteiger partial charge in [0.25, 0.3) is 0 Å². The lowest BCUT2D eigenvalue weighted by Gasteiger charge is -2.14. The fraction of sp³-hybridized carbons (Fsp3) is 0.615. The Hall–Kier alpha value is -1.09. The molecule has 2 heterocycles. The Balaban J connectivity index is 1.80. The monoisotopic (exact) mass is 219 g/mol. The van der Waals surface area contributed by atoms with Crippen molar-refractivity contribution >= 4 is 5.69 Å². The smallest absolute Gasteiger partial charge is 0.0393 e. The van der Waals surface area contributed by atoms with Crippen molar-refractivity contribution in [1.29, 1.82) is 0 Å². The maximum Gasteiger partial charge on any atom is 0.0393 e. The van der Waals surface area contributed by atoms with E-state index >= 15 is 0 Å². The molecular formula is C13H21N3. The highest BCUT2D eigenvalue weighted by atomic mass is 15.1. The van der Waals surface area contributed by atoms with E-state index in [0.717, 1.165) is 18.2 Å². The molecule has 0 amide bonds. The molecule has 1 N–H and O–H groups in total. The summed E-state index contributed by atoms with van der Waals surface area (Å²) in [6.07, 6.45) is 3.19. The molecule has 1 saturated heterocycles. The summed E-state index contributed by atoms with van der Waals surface area (Å²) >= 11 is 0. The van der Waals surface area contributed by atoms with Crippen LogP contribution in [0.2, 0.25) is 0 Å². The molecule has 1 atom stereocenters. The van der Waals surface area contributed by atoms with Crippen LogP contribution in [0.5, 0.6) is 0 Å². The van der Waals surface area contributed by atoms with Crippen molar-refractivity contribution in [2.75, 3.05) is 31.5 Å². The Morgan fingerprint density at radius 2 is 2.44 bits per heavy atom. The number of pyridine rings is 1. The standard InChI is InChI=1S/C13H21N3/c1-3-16-7-5-12(10-16)9-15-13-4-6-14-11(2)8-13/h4,6,8,12H,3,5,7,9-10H2,1-2H3,(H,14,15). The SMILES string of the molecule is CCN1CCC(CNc2ccnc(C)c2)C1. The molecular weight excluding hydrogens is 198 g/mol. The minimum Gasteiger partial charge on any atom is -0.385 e. The number of rotatable bonds is 4. The van der Waals surface area contributed by atoms with Gasteiger partial charge in [-0.25, -0.2) is 0 Å². The first-order valence-electron chi connectivity index (χ1n) is 6.17. The third-order valence-corrected chi connectivity index (χ3v) is 3.31. The van der Waals surface area contributed by atoms with Gasteiger partial charge in [0.15, 0.2) is 0 Å². The molecule has 0 aliphatic carbocycles. The Labute approximate surface area is 97.9 Å². The Kier molecular flexibility index (Phi) is 3.78. The van der Waals surface area contributed by atoms with Crippen LogP contribution in [0.3, 0.4) is 0 Å². The summed E-state index contributed by atoms with van der Waals surface area (Å²) in [7, 11) is 0. The second-order valence-corrected chi connectivity index (χ2v) is 4.61. The molecule has 1 fully saturated rings. The van der Waals surface area contributed by atoms with E-state index < -0.39 is 0 Å². The molecule has 0 aromatic carbocycles. The second kappa shape index (κ2) is 5.30. The van der Waals surface area contributed by atoms with Gasteiger partial charge in [-0.3, -0.25) is 4.98 Å². The number of aromatic nitrogens is 1. The van der Waals surface area contributed by atoms with Crippen molar-refractivity contribution in [1.82, 2.24) is 9.88 Å². The quantitative estimate of drug-likeness (QED) is 0.841. The molecule has 2 rings (SSSR count). The first-order chi connectivity index (χ1) is 7.78. The van der Waals surface area contributed by atoms with Gasteiger partial charge >= 0.3 is 0 Å². The van der Waals surface area contributed by atoms with Crippen LogP contribution in [-0.2, 0) is 0 Å². The van der Waals surface area contributed by atoms with Crippen LogP contribution in [0, 0.1) is 12.8 Å². The van der Waals surface area contributed by atoms with E-state index in [1.807, 2.05) is 19.2 Å². The Morgan fingerprint density at radius 1 is 1.56 bits per heavy atom. The molecule has 0 saturated carbocycles. The molecule has 0 spiro atoms. The summed E-state index contributed by atoms with van der Waals surface area (Å²) in [4.78, 5) is 6.71. The molecule has 0 bridgehead atoms. The number of anilines is 1. The van der Waals surface area contributed by atoms with E-state index in [2.05, 4.69) is 28.2 Å². The summed E-state index contributed by atoms with van der Waals surface area (Å²) in [6.45, 7) is 9.04. The van der Waals surface area contributed by atoms with Gasteiger partial charge in [0, 0.05) is 30.7 Å². The van der Waals surface area contributed by atoms with Gasteiger partial charge in [0.05, 0.1) is 0 Å². The highest BCUT2D eigenvalue weighted by Crippen LogP contribution is 2.16. The van der Waals surface area contributed by atoms with Crippen LogP contribution in [0.25, 0.3) is 0 Å². The molecule has 88 valence electrons. The fourth-order valence-corrected chi connectivity index (χ4v) is 2.28. The number of hydrogen-bond acceptors (Lipinski definition) is 3. The number of hydrogen-bond donors (Lipinski definition) is 1. The van der Waals surface area contributed by atoms with Gasteiger partial charge < -0.3 is 10.2 Å². The normalized spacial score (nSPS) is 21.2. The first kappa shape index (κ1) is 11.4. The topological polar surface area (TPSA) is 28.2 Å². The zero-order valence-corrected chi connectivity index (χ0v) is 10.2. The third kappa shape index (κ3) is 2.95. The second-order valence-electron chi connectivity index (χ2n) is 4.61. The van der Waals surface area contributed by atoms with Crippen LogP contribution in [-0.4, -0.2) is 36.1 Å². The van der Waals surface area contributed by atoms with Crippen molar-refractivity contribution < 1.29 is 0 Å². The molecule has 1 aliphatic rings. The van der Waals surface area contributed by atoms with Crippen LogP contribution in [0.15, 0.2) is 18.3 Å². The summed E-state index contributed by atoms with van der Waals surface area (Å²) in [5.74, 6) is 0.799. The van der Waals surface area contributed by atoms with Gasteiger partial charge in [-0.15, -0.1) is 0 Å². The number of nitrogens with one attached hydrogen (secondary N) is 1. The molecule has 16 heavy (non-hydrogen) atoms. The lowest BCUT2D eigenvalue weighted by Crippen LogP contribution is -2.22. The predicted octanol–water partition coefficient (Wildman–Crippen LogP) is 2.14. The van der Waals surface area contributed by atoms with E-state index in [9.17, 15) is 0 Å². The molecule has 3 nitrogen and oxygen atoms in total. The van der Waals surface area contributed by atoms with Crippen LogP contribution < -0.4 is 5.32 Å². The van der Waals surface area contributed by atoms with Gasteiger partial charge in [-0.2, -0.15) is 0 Å². The van der Waals surface area contributed by atoms with E-state index in [-0.39, 0.29) is 0 Å². The lowest BCUT2D eigenvalue weighted by atomic mass is 10.1. The van der Waals surface area contributed by atoms with E-state index in [1.165, 1.54) is 31.7 Å². The van der Waals surface area contributed by atoms with Crippen molar-refractivity contribution in [2.45, 2.75) is 20.3 Å². The molecule has 1 unspecified atom stereocenters. The van der Waals surface area contributed by atoms with Crippen LogP contribution >= 0.6 is 0 Å².